The van der Waals surface area contributed by atoms with Crippen LogP contribution in [0.4, 0.5) is 0 Å². The van der Waals surface area contributed by atoms with Crippen LogP contribution in [0.15, 0.2) is 12.2 Å². The van der Waals surface area contributed by atoms with E-state index in [4.69, 9.17) is 14.2 Å². The number of esters is 1. The van der Waals surface area contributed by atoms with Crippen LogP contribution in [0, 0.1) is 23.2 Å². The van der Waals surface area contributed by atoms with Gasteiger partial charge in [0.1, 0.15) is 6.10 Å². The Hall–Kier alpha value is -0.910. The predicted octanol–water partition coefficient (Wildman–Crippen LogP) is 2.51. The van der Waals surface area contributed by atoms with Crippen LogP contribution in [-0.4, -0.2) is 45.7 Å². The standard InChI is InChI=1S/C19H31NO4/c1-12-6-5-7-19(2)9-16-13(8-15(12)19)14(18(21)24-16)10-20-11-17(22-3)23-4/h13-17,20H,1,5-11H2,2-4H3/t13-,14+,15-,16-,19-/m1/s1. The highest BCUT2D eigenvalue weighted by Crippen LogP contribution is 2.56. The summed E-state index contributed by atoms with van der Waals surface area (Å²) in [5.41, 5.74) is 1.64. The predicted molar refractivity (Wildman–Crippen MR) is 91.4 cm³/mol. The molecule has 5 nitrogen and oxygen atoms in total. The van der Waals surface area contributed by atoms with E-state index >= 15 is 0 Å². The molecular formula is C19H31NO4. The molecule has 0 unspecified atom stereocenters. The normalized spacial score (nSPS) is 38.8. The van der Waals surface area contributed by atoms with Crippen molar-refractivity contribution < 1.29 is 19.0 Å². The molecule has 3 aliphatic rings. The molecule has 136 valence electrons. The molecule has 0 radical (unpaired) electrons. The fraction of sp³-hybridized carbons (Fsp3) is 0.842. The number of fused-ring (bicyclic) bond motifs is 2. The first-order chi connectivity index (χ1) is 11.5. The summed E-state index contributed by atoms with van der Waals surface area (Å²) in [4.78, 5) is 12.4. The topological polar surface area (TPSA) is 56.8 Å². The molecular weight excluding hydrogens is 306 g/mol. The van der Waals surface area contributed by atoms with Crippen LogP contribution in [0.3, 0.4) is 0 Å². The first kappa shape index (κ1) is 17.9. The Balaban J connectivity index is 1.64. The zero-order valence-electron chi connectivity index (χ0n) is 15.2. The van der Waals surface area contributed by atoms with E-state index in [1.807, 2.05) is 0 Å². The summed E-state index contributed by atoms with van der Waals surface area (Å²) in [5.74, 6) is 0.733. The van der Waals surface area contributed by atoms with E-state index in [0.29, 0.717) is 24.9 Å². The number of carbonyl (C=O) groups is 1. The van der Waals surface area contributed by atoms with Gasteiger partial charge in [-0.05, 0) is 43.4 Å². The van der Waals surface area contributed by atoms with Gasteiger partial charge in [0.2, 0.25) is 0 Å². The minimum atomic E-state index is -0.286. The van der Waals surface area contributed by atoms with Crippen LogP contribution < -0.4 is 5.32 Å². The van der Waals surface area contributed by atoms with Crippen molar-refractivity contribution >= 4 is 5.97 Å². The number of methoxy groups -OCH3 is 2. The van der Waals surface area contributed by atoms with Gasteiger partial charge in [-0.2, -0.15) is 0 Å². The summed E-state index contributed by atoms with van der Waals surface area (Å²) in [5, 5.41) is 3.31. The van der Waals surface area contributed by atoms with Gasteiger partial charge in [0.25, 0.3) is 0 Å². The zero-order valence-corrected chi connectivity index (χ0v) is 15.2. The maximum Gasteiger partial charge on any atom is 0.310 e. The largest absolute Gasteiger partial charge is 0.462 e. The van der Waals surface area contributed by atoms with Gasteiger partial charge in [-0.25, -0.2) is 0 Å². The molecule has 0 spiro atoms. The van der Waals surface area contributed by atoms with Gasteiger partial charge in [-0.3, -0.25) is 4.79 Å². The van der Waals surface area contributed by atoms with Crippen molar-refractivity contribution in [3.8, 4) is 0 Å². The van der Waals surface area contributed by atoms with Crippen molar-refractivity contribution in [3.05, 3.63) is 12.2 Å². The van der Waals surface area contributed by atoms with Gasteiger partial charge in [-0.1, -0.05) is 19.1 Å². The molecule has 0 aromatic heterocycles. The lowest BCUT2D eigenvalue weighted by Crippen LogP contribution is -2.45. The van der Waals surface area contributed by atoms with E-state index in [9.17, 15) is 4.79 Å². The first-order valence-corrected chi connectivity index (χ1v) is 9.13. The van der Waals surface area contributed by atoms with Crippen LogP contribution in [-0.2, 0) is 19.0 Å². The second-order valence-corrected chi connectivity index (χ2v) is 7.96. The third-order valence-electron chi connectivity index (χ3n) is 6.52. The van der Waals surface area contributed by atoms with Crippen LogP contribution >= 0.6 is 0 Å². The van der Waals surface area contributed by atoms with Crippen LogP contribution in [0.5, 0.6) is 0 Å². The summed E-state index contributed by atoms with van der Waals surface area (Å²) in [6, 6.07) is 0. The molecule has 0 aromatic rings. The lowest BCUT2D eigenvalue weighted by molar-refractivity contribution is -0.146. The summed E-state index contributed by atoms with van der Waals surface area (Å²) in [6.07, 6.45) is 5.40. The number of hydrogen-bond acceptors (Lipinski definition) is 5. The van der Waals surface area contributed by atoms with Crippen molar-refractivity contribution in [1.82, 2.24) is 5.32 Å². The molecule has 24 heavy (non-hydrogen) atoms. The Bertz CT molecular complexity index is 490. The average molecular weight is 337 g/mol. The highest BCUT2D eigenvalue weighted by Gasteiger charge is 2.54. The number of hydrogen-bond donors (Lipinski definition) is 1. The van der Waals surface area contributed by atoms with Crippen molar-refractivity contribution in [3.63, 3.8) is 0 Å². The van der Waals surface area contributed by atoms with Gasteiger partial charge in [0.15, 0.2) is 6.29 Å². The SMILES string of the molecule is C=C1CCC[C@]2(C)C[C@H]3OC(=O)[C@@H](CNCC(OC)OC)[C@H]3C[C@H]12. The quantitative estimate of drug-likeness (QED) is 0.458. The third kappa shape index (κ3) is 3.26. The summed E-state index contributed by atoms with van der Waals surface area (Å²) in [7, 11) is 3.23. The van der Waals surface area contributed by atoms with Crippen LogP contribution in [0.2, 0.25) is 0 Å². The molecule has 5 atom stereocenters. The van der Waals surface area contributed by atoms with Gasteiger partial charge < -0.3 is 19.5 Å². The molecule has 1 heterocycles. The lowest BCUT2D eigenvalue weighted by Gasteiger charge is -2.50. The molecule has 2 saturated carbocycles. The molecule has 5 heteroatoms. The maximum absolute atomic E-state index is 12.4. The highest BCUT2D eigenvalue weighted by molar-refractivity contribution is 5.75. The Morgan fingerprint density at radius 2 is 2.17 bits per heavy atom. The molecule has 1 aliphatic heterocycles. The van der Waals surface area contributed by atoms with E-state index in [0.717, 1.165) is 19.3 Å². The molecule has 2 aliphatic carbocycles. The molecule has 1 N–H and O–H groups in total. The molecule has 3 rings (SSSR count). The van der Waals surface area contributed by atoms with E-state index in [1.54, 1.807) is 14.2 Å². The van der Waals surface area contributed by atoms with Crippen LogP contribution in [0.1, 0.15) is 39.0 Å². The third-order valence-corrected chi connectivity index (χ3v) is 6.52. The molecule has 0 amide bonds. The molecule has 0 aromatic carbocycles. The van der Waals surface area contributed by atoms with Gasteiger partial charge in [0.05, 0.1) is 5.92 Å². The van der Waals surface area contributed by atoms with E-state index in [2.05, 4.69) is 18.8 Å². The number of allylic oxidation sites excluding steroid dienone is 1. The number of rotatable bonds is 6. The Kier molecular flexibility index (Phi) is 5.33. The fourth-order valence-corrected chi connectivity index (χ4v) is 5.11. The maximum atomic E-state index is 12.4. The highest BCUT2D eigenvalue weighted by atomic mass is 16.7. The minimum absolute atomic E-state index is 0.0447. The number of ether oxygens (including phenoxy) is 3. The number of nitrogens with one attached hydrogen (secondary N) is 1. The minimum Gasteiger partial charge on any atom is -0.462 e. The Labute approximate surface area is 145 Å². The first-order valence-electron chi connectivity index (χ1n) is 9.13. The van der Waals surface area contributed by atoms with E-state index < -0.39 is 0 Å². The van der Waals surface area contributed by atoms with Gasteiger partial charge in [0, 0.05) is 33.2 Å². The smallest absolute Gasteiger partial charge is 0.310 e. The fourth-order valence-electron chi connectivity index (χ4n) is 5.11. The van der Waals surface area contributed by atoms with Crippen molar-refractivity contribution in [2.75, 3.05) is 27.3 Å². The zero-order chi connectivity index (χ0) is 17.3. The van der Waals surface area contributed by atoms with Gasteiger partial charge in [-0.15, -0.1) is 0 Å². The second kappa shape index (κ2) is 7.14. The monoisotopic (exact) mass is 337 g/mol. The summed E-state index contributed by atoms with van der Waals surface area (Å²) in [6.45, 7) is 7.89. The Morgan fingerprint density at radius 1 is 1.42 bits per heavy atom. The van der Waals surface area contributed by atoms with Crippen molar-refractivity contribution in [2.45, 2.75) is 51.4 Å². The van der Waals surface area contributed by atoms with Gasteiger partial charge >= 0.3 is 5.97 Å². The second-order valence-electron chi connectivity index (χ2n) is 7.96. The summed E-state index contributed by atoms with van der Waals surface area (Å²) < 4.78 is 16.1. The van der Waals surface area contributed by atoms with Crippen molar-refractivity contribution in [2.24, 2.45) is 23.2 Å². The molecule has 3 fully saturated rings. The molecule has 1 saturated heterocycles. The lowest BCUT2D eigenvalue weighted by atomic mass is 9.55. The van der Waals surface area contributed by atoms with Crippen molar-refractivity contribution in [1.29, 1.82) is 0 Å². The van der Waals surface area contributed by atoms with E-state index in [-0.39, 0.29) is 29.7 Å². The number of carbonyl (C=O) groups excluding carboxylic acids is 1. The summed E-state index contributed by atoms with van der Waals surface area (Å²) >= 11 is 0. The van der Waals surface area contributed by atoms with E-state index in [1.165, 1.54) is 18.4 Å². The molecule has 0 bridgehead atoms. The average Bonchev–Trinajstić information content (AvgIpc) is 2.84. The van der Waals surface area contributed by atoms with Crippen LogP contribution in [0.25, 0.3) is 0 Å². The Morgan fingerprint density at radius 3 is 2.88 bits per heavy atom.